The van der Waals surface area contributed by atoms with E-state index in [-0.39, 0.29) is 11.4 Å². The number of nitrogens with zero attached hydrogens (tertiary/aromatic N) is 3. The second-order valence-corrected chi connectivity index (χ2v) is 6.63. The summed E-state index contributed by atoms with van der Waals surface area (Å²) < 4.78 is 34.3. The van der Waals surface area contributed by atoms with Gasteiger partial charge in [-0.1, -0.05) is 6.07 Å². The van der Waals surface area contributed by atoms with Crippen LogP contribution in [0, 0.1) is 0 Å². The van der Waals surface area contributed by atoms with Gasteiger partial charge < -0.3 is 5.11 Å². The summed E-state index contributed by atoms with van der Waals surface area (Å²) in [6.07, 6.45) is -0.0996. The molecule has 0 saturated carbocycles. The van der Waals surface area contributed by atoms with Crippen LogP contribution in [0.1, 0.15) is 6.42 Å². The maximum absolute atomic E-state index is 12.4. The molecule has 6 nitrogen and oxygen atoms in total. The standard InChI is InChI=1S/C10H11N3O3S2/c14-7-4-5-13(6-7)18(15,16)9-3-1-2-8-10(9)12-17-11-8/h1-3,7,14H,4-6H2/t7-/m0/s1. The molecule has 3 rings (SSSR count). The molecule has 0 spiro atoms. The van der Waals surface area contributed by atoms with E-state index in [2.05, 4.69) is 8.73 Å². The van der Waals surface area contributed by atoms with E-state index in [1.54, 1.807) is 12.1 Å². The zero-order valence-corrected chi connectivity index (χ0v) is 11.0. The lowest BCUT2D eigenvalue weighted by molar-refractivity contribution is 0.189. The largest absolute Gasteiger partial charge is 0.392 e. The van der Waals surface area contributed by atoms with Gasteiger partial charge in [0, 0.05) is 13.1 Å². The van der Waals surface area contributed by atoms with Gasteiger partial charge in [-0.2, -0.15) is 13.0 Å². The Morgan fingerprint density at radius 3 is 2.94 bits per heavy atom. The van der Waals surface area contributed by atoms with Gasteiger partial charge in [-0.25, -0.2) is 8.42 Å². The van der Waals surface area contributed by atoms with Gasteiger partial charge in [0.2, 0.25) is 10.0 Å². The van der Waals surface area contributed by atoms with Crippen molar-refractivity contribution in [3.63, 3.8) is 0 Å². The van der Waals surface area contributed by atoms with E-state index in [0.29, 0.717) is 24.3 Å². The van der Waals surface area contributed by atoms with Crippen molar-refractivity contribution in [2.75, 3.05) is 13.1 Å². The lowest BCUT2D eigenvalue weighted by atomic mass is 10.3. The molecule has 2 heterocycles. The van der Waals surface area contributed by atoms with Crippen molar-refractivity contribution in [2.24, 2.45) is 8.73 Å². The number of aliphatic hydroxyl groups is 1. The monoisotopic (exact) mass is 285 g/mol. The molecule has 96 valence electrons. The average Bonchev–Trinajstić information content (AvgIpc) is 2.96. The molecule has 1 N–H and O–H groups in total. The van der Waals surface area contributed by atoms with Crippen molar-refractivity contribution in [1.29, 1.82) is 0 Å². The summed E-state index contributed by atoms with van der Waals surface area (Å²) in [5.41, 5.74) is 0.990. The molecule has 18 heavy (non-hydrogen) atoms. The summed E-state index contributed by atoms with van der Waals surface area (Å²) in [5, 5.41) is 9.45. The first-order valence-electron chi connectivity index (χ1n) is 5.48. The first-order chi connectivity index (χ1) is 8.59. The van der Waals surface area contributed by atoms with Gasteiger partial charge in [0.25, 0.3) is 0 Å². The highest BCUT2D eigenvalue weighted by Crippen LogP contribution is 2.39. The van der Waals surface area contributed by atoms with E-state index in [1.807, 2.05) is 0 Å². The van der Waals surface area contributed by atoms with Crippen molar-refractivity contribution in [3.8, 4) is 0 Å². The van der Waals surface area contributed by atoms with Crippen molar-refractivity contribution >= 4 is 32.8 Å². The lowest BCUT2D eigenvalue weighted by Crippen LogP contribution is -2.29. The summed E-state index contributed by atoms with van der Waals surface area (Å²) in [6.45, 7) is 0.494. The molecule has 2 aliphatic rings. The minimum Gasteiger partial charge on any atom is -0.392 e. The first-order valence-corrected chi connectivity index (χ1v) is 7.65. The highest BCUT2D eigenvalue weighted by Gasteiger charge is 2.34. The number of hydrogen-bond donors (Lipinski definition) is 1. The number of hydrogen-bond acceptors (Lipinski definition) is 5. The summed E-state index contributed by atoms with van der Waals surface area (Å²) in [7, 11) is -3.59. The minimum absolute atomic E-state index is 0.149. The second-order valence-electron chi connectivity index (χ2n) is 4.19. The van der Waals surface area contributed by atoms with Crippen LogP contribution in [-0.2, 0) is 21.4 Å². The van der Waals surface area contributed by atoms with E-state index >= 15 is 0 Å². The Morgan fingerprint density at radius 1 is 1.39 bits per heavy atom. The maximum Gasteiger partial charge on any atom is 0.245 e. The van der Waals surface area contributed by atoms with Crippen LogP contribution < -0.4 is 0 Å². The lowest BCUT2D eigenvalue weighted by Gasteiger charge is -2.16. The fourth-order valence-electron chi connectivity index (χ4n) is 2.06. The highest BCUT2D eigenvalue weighted by molar-refractivity contribution is 7.89. The van der Waals surface area contributed by atoms with E-state index < -0.39 is 16.1 Å². The first kappa shape index (κ1) is 12.0. The van der Waals surface area contributed by atoms with Crippen molar-refractivity contribution in [1.82, 2.24) is 4.31 Å². The Labute approximate surface area is 108 Å². The summed E-state index contributed by atoms with van der Waals surface area (Å²) >= 11 is 0.994. The Hall–Kier alpha value is -1.09. The van der Waals surface area contributed by atoms with Gasteiger partial charge >= 0.3 is 0 Å². The number of rotatable bonds is 2. The average molecular weight is 285 g/mol. The Kier molecular flexibility index (Phi) is 2.81. The van der Waals surface area contributed by atoms with Gasteiger partial charge in [0.05, 0.1) is 17.5 Å². The van der Waals surface area contributed by atoms with Gasteiger partial charge in [-0.15, -0.1) is 0 Å². The third-order valence-electron chi connectivity index (χ3n) is 2.99. The third kappa shape index (κ3) is 1.81. The molecule has 1 saturated heterocycles. The molecular formula is C10H11N3O3S2. The van der Waals surface area contributed by atoms with Crippen LogP contribution in [0.15, 0.2) is 31.8 Å². The Bertz CT molecular complexity index is 665. The van der Waals surface area contributed by atoms with E-state index in [1.165, 1.54) is 10.4 Å². The predicted molar refractivity (Wildman–Crippen MR) is 67.4 cm³/mol. The molecule has 0 amide bonds. The van der Waals surface area contributed by atoms with Gasteiger partial charge in [-0.3, -0.25) is 0 Å². The zero-order valence-electron chi connectivity index (χ0n) is 9.35. The quantitative estimate of drug-likeness (QED) is 0.899. The Morgan fingerprint density at radius 2 is 2.22 bits per heavy atom. The number of fused-ring (bicyclic) bond motifs is 1. The molecule has 1 aromatic rings. The number of sulfonamides is 1. The fourth-order valence-corrected chi connectivity index (χ4v) is 4.30. The van der Waals surface area contributed by atoms with Crippen molar-refractivity contribution in [3.05, 3.63) is 18.2 Å². The maximum atomic E-state index is 12.4. The van der Waals surface area contributed by atoms with Crippen LogP contribution in [0.25, 0.3) is 0 Å². The molecule has 2 aliphatic heterocycles. The van der Waals surface area contributed by atoms with Gasteiger partial charge in [0.15, 0.2) is 0 Å². The molecule has 0 aromatic heterocycles. The molecule has 1 atom stereocenters. The van der Waals surface area contributed by atoms with Gasteiger partial charge in [-0.05, 0) is 18.6 Å². The van der Waals surface area contributed by atoms with Crippen LogP contribution in [0.5, 0.6) is 0 Å². The SMILES string of the molecule is O=S(=O)(c1cccc2c1N=S=N2)N1CC[C@H](O)C1. The molecular weight excluding hydrogens is 274 g/mol. The number of β-amino-alcohol motifs (C(OH)–C–C–N with tert-alkyl or cyclic N) is 1. The molecule has 1 fully saturated rings. The topological polar surface area (TPSA) is 82.3 Å². The minimum atomic E-state index is -3.59. The van der Waals surface area contributed by atoms with E-state index in [0.717, 1.165) is 11.4 Å². The third-order valence-corrected chi connectivity index (χ3v) is 5.43. The van der Waals surface area contributed by atoms with Crippen molar-refractivity contribution < 1.29 is 13.5 Å². The number of benzene rings is 1. The molecule has 1 aromatic carbocycles. The molecule has 0 aliphatic carbocycles. The number of aliphatic hydroxyl groups excluding tert-OH is 1. The van der Waals surface area contributed by atoms with E-state index in [9.17, 15) is 13.5 Å². The molecule has 8 heteroatoms. The van der Waals surface area contributed by atoms with Crippen LogP contribution in [0.2, 0.25) is 0 Å². The van der Waals surface area contributed by atoms with Crippen LogP contribution in [-0.4, -0.2) is 37.0 Å². The molecule has 0 unspecified atom stereocenters. The Balaban J connectivity index is 2.06. The fraction of sp³-hybridized carbons (Fsp3) is 0.400. The van der Waals surface area contributed by atoms with E-state index in [4.69, 9.17) is 0 Å². The summed E-state index contributed by atoms with van der Waals surface area (Å²) in [6, 6.07) is 4.92. The van der Waals surface area contributed by atoms with Crippen LogP contribution in [0.4, 0.5) is 11.4 Å². The predicted octanol–water partition coefficient (Wildman–Crippen LogP) is 1.17. The summed E-state index contributed by atoms with van der Waals surface area (Å²) in [4.78, 5) is 0.169. The highest BCUT2D eigenvalue weighted by atomic mass is 32.2. The van der Waals surface area contributed by atoms with Crippen LogP contribution >= 0.6 is 0 Å². The second kappa shape index (κ2) is 4.23. The smallest absolute Gasteiger partial charge is 0.245 e. The zero-order chi connectivity index (χ0) is 12.8. The van der Waals surface area contributed by atoms with Gasteiger partial charge in [0.1, 0.15) is 16.3 Å². The summed E-state index contributed by atoms with van der Waals surface area (Å²) in [5.74, 6) is 0. The molecule has 0 bridgehead atoms. The van der Waals surface area contributed by atoms with Crippen LogP contribution in [0.3, 0.4) is 0 Å². The van der Waals surface area contributed by atoms with Crippen molar-refractivity contribution in [2.45, 2.75) is 17.4 Å². The molecule has 0 radical (unpaired) electrons. The normalized spacial score (nSPS) is 23.1.